The summed E-state index contributed by atoms with van der Waals surface area (Å²) in [6, 6.07) is 8.25. The zero-order valence-electron chi connectivity index (χ0n) is 9.28. The molecule has 1 saturated heterocycles. The quantitative estimate of drug-likeness (QED) is 0.770. The van der Waals surface area contributed by atoms with Gasteiger partial charge in [-0.05, 0) is 5.56 Å². The van der Waals surface area contributed by atoms with Gasteiger partial charge in [-0.15, -0.1) is 0 Å². The molecule has 1 heterocycles. The van der Waals surface area contributed by atoms with Gasteiger partial charge in [-0.3, -0.25) is 9.59 Å². The van der Waals surface area contributed by atoms with Crippen LogP contribution in [0.1, 0.15) is 11.6 Å². The van der Waals surface area contributed by atoms with E-state index < -0.39 is 29.9 Å². The third-order valence-electron chi connectivity index (χ3n) is 3.12. The normalized spacial score (nSPS) is 28.5. The number of rotatable bonds is 2. The Balaban J connectivity index is 2.43. The number of aliphatic hydroxyl groups excluding tert-OH is 1. The van der Waals surface area contributed by atoms with Crippen molar-refractivity contribution in [2.24, 2.45) is 5.92 Å². The first kappa shape index (κ1) is 11.6. The van der Waals surface area contributed by atoms with Crippen molar-refractivity contribution in [1.29, 1.82) is 0 Å². The van der Waals surface area contributed by atoms with E-state index in [0.29, 0.717) is 5.56 Å². The molecule has 5 heteroatoms. The van der Waals surface area contributed by atoms with Crippen LogP contribution in [0.5, 0.6) is 0 Å². The Hall–Kier alpha value is -1.88. The van der Waals surface area contributed by atoms with Gasteiger partial charge in [-0.1, -0.05) is 30.3 Å². The Morgan fingerprint density at radius 1 is 1.29 bits per heavy atom. The molecule has 0 unspecified atom stereocenters. The number of hydrogen-bond acceptors (Lipinski definition) is 3. The van der Waals surface area contributed by atoms with Crippen LogP contribution < -0.4 is 0 Å². The molecule has 2 N–H and O–H groups in total. The molecule has 17 heavy (non-hydrogen) atoms. The van der Waals surface area contributed by atoms with Crippen LogP contribution in [0.2, 0.25) is 0 Å². The number of likely N-dealkylation sites (tertiary alicyclic amines) is 1. The molecule has 3 atom stereocenters. The first-order valence-electron chi connectivity index (χ1n) is 5.26. The fourth-order valence-electron chi connectivity index (χ4n) is 2.26. The highest BCUT2D eigenvalue weighted by Gasteiger charge is 2.50. The van der Waals surface area contributed by atoms with Crippen LogP contribution in [0.25, 0.3) is 0 Å². The summed E-state index contributed by atoms with van der Waals surface area (Å²) in [5.41, 5.74) is 0.715. The van der Waals surface area contributed by atoms with Gasteiger partial charge < -0.3 is 15.1 Å². The second-order valence-corrected chi connectivity index (χ2v) is 4.11. The largest absolute Gasteiger partial charge is 0.481 e. The predicted molar refractivity (Wildman–Crippen MR) is 59.1 cm³/mol. The lowest BCUT2D eigenvalue weighted by atomic mass is 9.92. The standard InChI is InChI=1S/C12H13NO4/c1-13-9(7-5-3-2-4-6-7)8(12(16)17)10(14)11(13)15/h2-6,8-10,14H,1H3,(H,16,17)/t8-,9-,10-/m1/s1. The molecule has 1 aliphatic heterocycles. The molecule has 90 valence electrons. The van der Waals surface area contributed by atoms with Gasteiger partial charge in [0.25, 0.3) is 5.91 Å². The molecule has 5 nitrogen and oxygen atoms in total. The monoisotopic (exact) mass is 235 g/mol. The molecule has 1 aromatic carbocycles. The number of carbonyl (C=O) groups excluding carboxylic acids is 1. The van der Waals surface area contributed by atoms with Crippen LogP contribution >= 0.6 is 0 Å². The summed E-state index contributed by atoms with van der Waals surface area (Å²) in [6.45, 7) is 0. The number of likely N-dealkylation sites (N-methyl/N-ethyl adjacent to an activating group) is 1. The number of carboxylic acids is 1. The van der Waals surface area contributed by atoms with Crippen molar-refractivity contribution in [3.63, 3.8) is 0 Å². The molecule has 0 saturated carbocycles. The van der Waals surface area contributed by atoms with Crippen molar-refractivity contribution in [2.45, 2.75) is 12.1 Å². The maximum atomic E-state index is 11.6. The van der Waals surface area contributed by atoms with E-state index in [1.54, 1.807) is 24.3 Å². The van der Waals surface area contributed by atoms with E-state index in [1.165, 1.54) is 11.9 Å². The molecule has 1 aliphatic rings. The second kappa shape index (κ2) is 4.18. The summed E-state index contributed by atoms with van der Waals surface area (Å²) in [7, 11) is 1.51. The maximum absolute atomic E-state index is 11.6. The van der Waals surface area contributed by atoms with Gasteiger partial charge in [-0.2, -0.15) is 0 Å². The molecule has 1 fully saturated rings. The number of aliphatic carboxylic acids is 1. The summed E-state index contributed by atoms with van der Waals surface area (Å²) in [5.74, 6) is -2.83. The summed E-state index contributed by atoms with van der Waals surface area (Å²) in [4.78, 5) is 24.1. The Labute approximate surface area is 98.3 Å². The molecule has 0 aliphatic carbocycles. The number of nitrogens with zero attached hydrogens (tertiary/aromatic N) is 1. The Bertz CT molecular complexity index is 445. The highest BCUT2D eigenvalue weighted by molar-refractivity contribution is 5.91. The highest BCUT2D eigenvalue weighted by atomic mass is 16.4. The number of carboxylic acid groups (broad SMARTS) is 1. The van der Waals surface area contributed by atoms with Crippen molar-refractivity contribution >= 4 is 11.9 Å². The van der Waals surface area contributed by atoms with E-state index >= 15 is 0 Å². The molecule has 1 amide bonds. The van der Waals surface area contributed by atoms with Crippen molar-refractivity contribution in [2.75, 3.05) is 7.05 Å². The third kappa shape index (κ3) is 1.78. The summed E-state index contributed by atoms with van der Waals surface area (Å²) in [5, 5.41) is 18.8. The van der Waals surface area contributed by atoms with Crippen molar-refractivity contribution < 1.29 is 19.8 Å². The van der Waals surface area contributed by atoms with E-state index in [9.17, 15) is 14.7 Å². The van der Waals surface area contributed by atoms with Gasteiger partial charge in [0.2, 0.25) is 0 Å². The molecule has 0 radical (unpaired) electrons. The van der Waals surface area contributed by atoms with Gasteiger partial charge in [0.15, 0.2) is 0 Å². The average Bonchev–Trinajstić information content (AvgIpc) is 2.55. The van der Waals surface area contributed by atoms with E-state index in [-0.39, 0.29) is 0 Å². The van der Waals surface area contributed by atoms with Crippen LogP contribution in [-0.4, -0.2) is 40.1 Å². The smallest absolute Gasteiger partial charge is 0.312 e. The zero-order valence-corrected chi connectivity index (χ0v) is 9.28. The summed E-state index contributed by atoms with van der Waals surface area (Å²) >= 11 is 0. The SMILES string of the molecule is CN1C(=O)[C@H](O)[C@H](C(=O)O)[C@H]1c1ccccc1. The minimum Gasteiger partial charge on any atom is -0.481 e. The number of benzene rings is 1. The number of hydrogen-bond donors (Lipinski definition) is 2. The molecular weight excluding hydrogens is 222 g/mol. The molecule has 2 rings (SSSR count). The summed E-state index contributed by atoms with van der Waals surface area (Å²) < 4.78 is 0. The van der Waals surface area contributed by atoms with E-state index in [1.807, 2.05) is 6.07 Å². The van der Waals surface area contributed by atoms with Gasteiger partial charge in [-0.25, -0.2) is 0 Å². The number of aliphatic hydroxyl groups is 1. The van der Waals surface area contributed by atoms with Crippen molar-refractivity contribution in [3.8, 4) is 0 Å². The van der Waals surface area contributed by atoms with Gasteiger partial charge in [0, 0.05) is 7.05 Å². The first-order chi connectivity index (χ1) is 8.04. The maximum Gasteiger partial charge on any atom is 0.312 e. The third-order valence-corrected chi connectivity index (χ3v) is 3.12. The summed E-state index contributed by atoms with van der Waals surface area (Å²) in [6.07, 6.45) is -1.47. The van der Waals surface area contributed by atoms with Crippen LogP contribution in [0.3, 0.4) is 0 Å². The van der Waals surface area contributed by atoms with Crippen LogP contribution in [0.15, 0.2) is 30.3 Å². The molecular formula is C12H13NO4. The van der Waals surface area contributed by atoms with Crippen LogP contribution in [0.4, 0.5) is 0 Å². The van der Waals surface area contributed by atoms with E-state index in [0.717, 1.165) is 0 Å². The first-order valence-corrected chi connectivity index (χ1v) is 5.26. The predicted octanol–water partition coefficient (Wildman–Crippen LogP) is 0.261. The lowest BCUT2D eigenvalue weighted by Gasteiger charge is -2.22. The van der Waals surface area contributed by atoms with E-state index in [4.69, 9.17) is 5.11 Å². The fraction of sp³-hybridized carbons (Fsp3) is 0.333. The number of carbonyl (C=O) groups is 2. The van der Waals surface area contributed by atoms with Crippen LogP contribution in [-0.2, 0) is 9.59 Å². The molecule has 0 bridgehead atoms. The van der Waals surface area contributed by atoms with Crippen molar-refractivity contribution in [3.05, 3.63) is 35.9 Å². The zero-order chi connectivity index (χ0) is 12.6. The van der Waals surface area contributed by atoms with Gasteiger partial charge in [0.1, 0.15) is 12.0 Å². The Morgan fingerprint density at radius 2 is 1.88 bits per heavy atom. The molecule has 0 spiro atoms. The molecule has 0 aromatic heterocycles. The van der Waals surface area contributed by atoms with Gasteiger partial charge in [0.05, 0.1) is 6.04 Å². The lowest BCUT2D eigenvalue weighted by Crippen LogP contribution is -2.29. The fourth-order valence-corrected chi connectivity index (χ4v) is 2.26. The topological polar surface area (TPSA) is 77.8 Å². The average molecular weight is 235 g/mol. The van der Waals surface area contributed by atoms with E-state index in [2.05, 4.69) is 0 Å². The number of amides is 1. The Morgan fingerprint density at radius 3 is 2.41 bits per heavy atom. The minimum absolute atomic E-state index is 0.550. The van der Waals surface area contributed by atoms with Crippen molar-refractivity contribution in [1.82, 2.24) is 4.90 Å². The second-order valence-electron chi connectivity index (χ2n) is 4.11. The van der Waals surface area contributed by atoms with Crippen LogP contribution in [0, 0.1) is 5.92 Å². The minimum atomic E-state index is -1.47. The molecule has 1 aromatic rings. The highest BCUT2D eigenvalue weighted by Crippen LogP contribution is 2.37. The lowest BCUT2D eigenvalue weighted by molar-refractivity contribution is -0.147. The van der Waals surface area contributed by atoms with Gasteiger partial charge >= 0.3 is 5.97 Å². The Kier molecular flexibility index (Phi) is 2.85.